The normalized spacial score (nSPS) is 11.9. The average Bonchev–Trinajstić information content (AvgIpc) is 2.24. The van der Waals surface area contributed by atoms with Gasteiger partial charge < -0.3 is 20.4 Å². The highest BCUT2D eigenvalue weighted by Gasteiger charge is 2.20. The molecule has 0 aliphatic rings. The molecule has 1 atom stereocenters. The number of rotatable bonds is 7. The smallest absolute Gasteiger partial charge is 0.326 e. The number of amides is 2. The van der Waals surface area contributed by atoms with Crippen molar-refractivity contribution in [1.29, 1.82) is 0 Å². The summed E-state index contributed by atoms with van der Waals surface area (Å²) >= 11 is 0. The van der Waals surface area contributed by atoms with Crippen molar-refractivity contribution in [3.63, 3.8) is 0 Å². The Hall–Kier alpha value is -1.30. The van der Waals surface area contributed by atoms with Crippen molar-refractivity contribution in [3.8, 4) is 0 Å². The van der Waals surface area contributed by atoms with Gasteiger partial charge in [-0.3, -0.25) is 0 Å². The number of aliphatic hydroxyl groups is 1. The molecule has 94 valence electrons. The fraction of sp³-hybridized carbons (Fsp3) is 0.800. The lowest BCUT2D eigenvalue weighted by Gasteiger charge is -2.23. The predicted molar refractivity (Wildman–Crippen MR) is 59.2 cm³/mol. The fourth-order valence-electron chi connectivity index (χ4n) is 1.28. The maximum atomic E-state index is 11.6. The minimum Gasteiger partial charge on any atom is -0.480 e. The topological polar surface area (TPSA) is 89.9 Å². The lowest BCUT2D eigenvalue weighted by molar-refractivity contribution is -0.139. The summed E-state index contributed by atoms with van der Waals surface area (Å²) in [7, 11) is 0. The molecule has 0 saturated carbocycles. The summed E-state index contributed by atoms with van der Waals surface area (Å²) in [4.78, 5) is 23.8. The molecule has 3 N–H and O–H groups in total. The first-order valence-corrected chi connectivity index (χ1v) is 5.45. The van der Waals surface area contributed by atoms with Gasteiger partial charge in [0.1, 0.15) is 6.04 Å². The van der Waals surface area contributed by atoms with Gasteiger partial charge in [-0.2, -0.15) is 0 Å². The fourth-order valence-corrected chi connectivity index (χ4v) is 1.28. The van der Waals surface area contributed by atoms with Crippen LogP contribution in [0.15, 0.2) is 0 Å². The number of urea groups is 1. The van der Waals surface area contributed by atoms with Crippen LogP contribution in [0.25, 0.3) is 0 Å². The van der Waals surface area contributed by atoms with Gasteiger partial charge in [0.05, 0.1) is 6.61 Å². The zero-order valence-electron chi connectivity index (χ0n) is 9.77. The van der Waals surface area contributed by atoms with Crippen LogP contribution < -0.4 is 5.32 Å². The molecule has 0 bridgehead atoms. The van der Waals surface area contributed by atoms with Gasteiger partial charge in [0.25, 0.3) is 0 Å². The summed E-state index contributed by atoms with van der Waals surface area (Å²) < 4.78 is 0. The maximum Gasteiger partial charge on any atom is 0.326 e. The SMILES string of the molecule is CCCN(CCO)C(=O)N[C@H](CC)C(=O)O. The molecule has 0 spiro atoms. The van der Waals surface area contributed by atoms with Gasteiger partial charge in [-0.05, 0) is 12.8 Å². The van der Waals surface area contributed by atoms with E-state index in [2.05, 4.69) is 5.32 Å². The molecule has 0 unspecified atom stereocenters. The third-order valence-electron chi connectivity index (χ3n) is 2.15. The third kappa shape index (κ3) is 4.97. The van der Waals surface area contributed by atoms with E-state index in [4.69, 9.17) is 10.2 Å². The summed E-state index contributed by atoms with van der Waals surface area (Å²) in [6.45, 7) is 4.19. The van der Waals surface area contributed by atoms with Crippen molar-refractivity contribution < 1.29 is 19.8 Å². The Bertz CT molecular complexity index is 227. The van der Waals surface area contributed by atoms with E-state index in [-0.39, 0.29) is 13.2 Å². The Morgan fingerprint density at radius 3 is 2.31 bits per heavy atom. The molecule has 0 aromatic rings. The van der Waals surface area contributed by atoms with Crippen molar-refractivity contribution in [3.05, 3.63) is 0 Å². The number of hydrogen-bond acceptors (Lipinski definition) is 3. The van der Waals surface area contributed by atoms with E-state index < -0.39 is 18.0 Å². The number of carboxylic acids is 1. The van der Waals surface area contributed by atoms with Gasteiger partial charge >= 0.3 is 12.0 Å². The Kier molecular flexibility index (Phi) is 7.28. The van der Waals surface area contributed by atoms with E-state index in [1.807, 2.05) is 6.92 Å². The van der Waals surface area contributed by atoms with Gasteiger partial charge in [0.15, 0.2) is 0 Å². The molecule has 0 radical (unpaired) electrons. The van der Waals surface area contributed by atoms with Crippen LogP contribution in [-0.2, 0) is 4.79 Å². The quantitative estimate of drug-likeness (QED) is 0.587. The number of aliphatic hydroxyl groups excluding tert-OH is 1. The van der Waals surface area contributed by atoms with Crippen LogP contribution in [0.3, 0.4) is 0 Å². The van der Waals surface area contributed by atoms with E-state index in [1.54, 1.807) is 6.92 Å². The van der Waals surface area contributed by atoms with Crippen molar-refractivity contribution in [2.45, 2.75) is 32.7 Å². The minimum absolute atomic E-state index is 0.128. The standard InChI is InChI=1S/C10H20N2O4/c1-3-5-12(6-7-13)10(16)11-8(4-2)9(14)15/h8,13H,3-7H2,1-2H3,(H,11,16)(H,14,15)/t8-/m1/s1. The molecule has 0 aliphatic heterocycles. The number of aliphatic carboxylic acids is 1. The Morgan fingerprint density at radius 2 is 1.94 bits per heavy atom. The number of carboxylic acid groups (broad SMARTS) is 1. The monoisotopic (exact) mass is 232 g/mol. The second-order valence-electron chi connectivity index (χ2n) is 3.46. The lowest BCUT2D eigenvalue weighted by Crippen LogP contribution is -2.48. The van der Waals surface area contributed by atoms with Gasteiger partial charge in [-0.25, -0.2) is 9.59 Å². The van der Waals surface area contributed by atoms with E-state index >= 15 is 0 Å². The molecule has 2 amide bonds. The Labute approximate surface area is 95.2 Å². The zero-order chi connectivity index (χ0) is 12.6. The Morgan fingerprint density at radius 1 is 1.31 bits per heavy atom. The van der Waals surface area contributed by atoms with Crippen LogP contribution in [-0.4, -0.2) is 52.9 Å². The van der Waals surface area contributed by atoms with Gasteiger partial charge in [-0.15, -0.1) is 0 Å². The van der Waals surface area contributed by atoms with Gasteiger partial charge in [0.2, 0.25) is 0 Å². The van der Waals surface area contributed by atoms with E-state index in [0.717, 1.165) is 6.42 Å². The largest absolute Gasteiger partial charge is 0.480 e. The van der Waals surface area contributed by atoms with E-state index in [1.165, 1.54) is 4.90 Å². The number of carbonyl (C=O) groups is 2. The van der Waals surface area contributed by atoms with Gasteiger partial charge in [0, 0.05) is 13.1 Å². The van der Waals surface area contributed by atoms with Gasteiger partial charge in [-0.1, -0.05) is 13.8 Å². The zero-order valence-corrected chi connectivity index (χ0v) is 9.77. The minimum atomic E-state index is -1.05. The molecule has 0 fully saturated rings. The van der Waals surface area contributed by atoms with E-state index in [9.17, 15) is 9.59 Å². The highest BCUT2D eigenvalue weighted by Crippen LogP contribution is 1.96. The molecule has 0 aromatic heterocycles. The molecule has 0 aliphatic carbocycles. The molecule has 6 nitrogen and oxygen atoms in total. The van der Waals surface area contributed by atoms with Crippen LogP contribution in [0.1, 0.15) is 26.7 Å². The van der Waals surface area contributed by atoms with Crippen LogP contribution in [0.5, 0.6) is 0 Å². The summed E-state index contributed by atoms with van der Waals surface area (Å²) in [5, 5.41) is 20.0. The number of hydrogen-bond donors (Lipinski definition) is 3. The average molecular weight is 232 g/mol. The summed E-state index contributed by atoms with van der Waals surface area (Å²) in [6, 6.07) is -1.31. The van der Waals surface area contributed by atoms with Crippen molar-refractivity contribution in [2.24, 2.45) is 0 Å². The molecule has 0 saturated heterocycles. The van der Waals surface area contributed by atoms with Crippen molar-refractivity contribution in [2.75, 3.05) is 19.7 Å². The van der Waals surface area contributed by atoms with Crippen LogP contribution in [0, 0.1) is 0 Å². The van der Waals surface area contributed by atoms with Crippen LogP contribution >= 0.6 is 0 Å². The first kappa shape index (κ1) is 14.7. The number of carbonyl (C=O) groups excluding carboxylic acids is 1. The predicted octanol–water partition coefficient (Wildman–Crippen LogP) is 0.263. The lowest BCUT2D eigenvalue weighted by atomic mass is 10.2. The number of nitrogens with zero attached hydrogens (tertiary/aromatic N) is 1. The first-order valence-electron chi connectivity index (χ1n) is 5.45. The van der Waals surface area contributed by atoms with Crippen molar-refractivity contribution >= 4 is 12.0 Å². The summed E-state index contributed by atoms with van der Waals surface area (Å²) in [5.41, 5.74) is 0. The molecule has 0 heterocycles. The van der Waals surface area contributed by atoms with Crippen molar-refractivity contribution in [1.82, 2.24) is 10.2 Å². The molecule has 16 heavy (non-hydrogen) atoms. The molecular weight excluding hydrogens is 212 g/mol. The Balaban J connectivity index is 4.32. The summed E-state index contributed by atoms with van der Waals surface area (Å²) in [5.74, 6) is -1.05. The first-order chi connectivity index (χ1) is 7.56. The third-order valence-corrected chi connectivity index (χ3v) is 2.15. The second kappa shape index (κ2) is 7.92. The van der Waals surface area contributed by atoms with E-state index in [0.29, 0.717) is 13.0 Å². The highest BCUT2D eigenvalue weighted by atomic mass is 16.4. The maximum absolute atomic E-state index is 11.6. The molecule has 0 aromatic carbocycles. The van der Waals surface area contributed by atoms with Crippen LogP contribution in [0.2, 0.25) is 0 Å². The van der Waals surface area contributed by atoms with Crippen LogP contribution in [0.4, 0.5) is 4.79 Å². The molecule has 0 rings (SSSR count). The molecular formula is C10H20N2O4. The summed E-state index contributed by atoms with van der Waals surface area (Å²) in [6.07, 6.45) is 1.09. The molecule has 6 heteroatoms. The highest BCUT2D eigenvalue weighted by molar-refractivity contribution is 5.82. The number of nitrogens with one attached hydrogen (secondary N) is 1. The second-order valence-corrected chi connectivity index (χ2v) is 3.46.